The van der Waals surface area contributed by atoms with Crippen LogP contribution in [0.4, 0.5) is 0 Å². The molecule has 0 saturated carbocycles. The van der Waals surface area contributed by atoms with Crippen LogP contribution < -0.4 is 5.73 Å². The van der Waals surface area contributed by atoms with E-state index in [1.807, 2.05) is 16.8 Å². The Hall–Kier alpha value is -2.46. The summed E-state index contributed by atoms with van der Waals surface area (Å²) in [6.45, 7) is 6.67. The van der Waals surface area contributed by atoms with E-state index in [1.54, 1.807) is 0 Å². The number of nitrogens with zero attached hydrogens (tertiary/aromatic N) is 3. The summed E-state index contributed by atoms with van der Waals surface area (Å²) in [7, 11) is 0. The predicted octanol–water partition coefficient (Wildman–Crippen LogP) is 3.32. The number of nitrogens with two attached hydrogens (primary N) is 1. The maximum absolute atomic E-state index is 5.87. The Morgan fingerprint density at radius 2 is 1.73 bits per heavy atom. The standard InChI is InChI=1S/C18H20N4/c1-12-8-9-15(10-14(12)3)18-16(11-19)20-21-22(18)17-7-5-4-6-13(17)2/h4-10H,11,19H2,1-3H3. The first-order chi connectivity index (χ1) is 10.6. The maximum Gasteiger partial charge on any atom is 0.105 e. The first kappa shape index (κ1) is 14.5. The lowest BCUT2D eigenvalue weighted by Gasteiger charge is -2.11. The van der Waals surface area contributed by atoms with Crippen LogP contribution in [-0.4, -0.2) is 15.0 Å². The van der Waals surface area contributed by atoms with E-state index in [2.05, 4.69) is 61.4 Å². The molecule has 0 aliphatic carbocycles. The normalized spacial score (nSPS) is 10.9. The maximum atomic E-state index is 5.87. The number of hydrogen-bond donors (Lipinski definition) is 1. The summed E-state index contributed by atoms with van der Waals surface area (Å²) in [5.74, 6) is 0. The van der Waals surface area contributed by atoms with E-state index in [0.717, 1.165) is 28.2 Å². The van der Waals surface area contributed by atoms with Crippen LogP contribution in [0, 0.1) is 20.8 Å². The minimum atomic E-state index is 0.369. The highest BCUT2D eigenvalue weighted by Gasteiger charge is 2.16. The summed E-state index contributed by atoms with van der Waals surface area (Å²) < 4.78 is 1.89. The quantitative estimate of drug-likeness (QED) is 0.805. The Morgan fingerprint density at radius 1 is 0.955 bits per heavy atom. The Balaban J connectivity index is 2.24. The van der Waals surface area contributed by atoms with Crippen molar-refractivity contribution in [3.05, 3.63) is 64.8 Å². The minimum absolute atomic E-state index is 0.369. The molecule has 2 N–H and O–H groups in total. The fourth-order valence-electron chi connectivity index (χ4n) is 2.60. The zero-order valence-corrected chi connectivity index (χ0v) is 13.2. The number of rotatable bonds is 3. The highest BCUT2D eigenvalue weighted by Crippen LogP contribution is 2.27. The highest BCUT2D eigenvalue weighted by atomic mass is 15.4. The van der Waals surface area contributed by atoms with E-state index < -0.39 is 0 Å². The van der Waals surface area contributed by atoms with Crippen molar-refractivity contribution in [3.8, 4) is 16.9 Å². The SMILES string of the molecule is Cc1ccc(-c2c(CN)nnn2-c2ccccc2C)cc1C. The number of aromatic nitrogens is 3. The second kappa shape index (κ2) is 5.73. The number of benzene rings is 2. The molecule has 4 heteroatoms. The largest absolute Gasteiger partial charge is 0.325 e. The van der Waals surface area contributed by atoms with E-state index in [9.17, 15) is 0 Å². The third-order valence-corrected chi connectivity index (χ3v) is 4.06. The van der Waals surface area contributed by atoms with Gasteiger partial charge in [0.2, 0.25) is 0 Å². The van der Waals surface area contributed by atoms with E-state index in [0.29, 0.717) is 6.54 Å². The molecule has 1 heterocycles. The Labute approximate surface area is 130 Å². The molecule has 0 saturated heterocycles. The minimum Gasteiger partial charge on any atom is -0.325 e. The molecule has 0 atom stereocenters. The van der Waals surface area contributed by atoms with Crippen LogP contribution >= 0.6 is 0 Å². The number of para-hydroxylation sites is 1. The molecule has 3 aromatic rings. The zero-order valence-electron chi connectivity index (χ0n) is 13.2. The fraction of sp³-hybridized carbons (Fsp3) is 0.222. The molecule has 3 rings (SSSR count). The van der Waals surface area contributed by atoms with Gasteiger partial charge in [-0.1, -0.05) is 35.5 Å². The lowest BCUT2D eigenvalue weighted by molar-refractivity contribution is 0.796. The molecule has 0 spiro atoms. The highest BCUT2D eigenvalue weighted by molar-refractivity contribution is 5.66. The summed E-state index contributed by atoms with van der Waals surface area (Å²) in [4.78, 5) is 0. The van der Waals surface area contributed by atoms with Crippen LogP contribution in [0.3, 0.4) is 0 Å². The van der Waals surface area contributed by atoms with Crippen LogP contribution in [0.5, 0.6) is 0 Å². The average molecular weight is 292 g/mol. The molecule has 0 amide bonds. The van der Waals surface area contributed by atoms with Crippen molar-refractivity contribution in [2.45, 2.75) is 27.3 Å². The third-order valence-electron chi connectivity index (χ3n) is 4.06. The lowest BCUT2D eigenvalue weighted by atomic mass is 10.0. The summed E-state index contributed by atoms with van der Waals surface area (Å²) in [5, 5.41) is 8.60. The van der Waals surface area contributed by atoms with Crippen LogP contribution in [-0.2, 0) is 6.54 Å². The van der Waals surface area contributed by atoms with Crippen LogP contribution in [0.25, 0.3) is 16.9 Å². The van der Waals surface area contributed by atoms with Gasteiger partial charge in [-0.15, -0.1) is 5.10 Å². The fourth-order valence-corrected chi connectivity index (χ4v) is 2.60. The first-order valence-corrected chi connectivity index (χ1v) is 7.40. The van der Waals surface area contributed by atoms with Crippen molar-refractivity contribution >= 4 is 0 Å². The van der Waals surface area contributed by atoms with Crippen molar-refractivity contribution in [1.29, 1.82) is 0 Å². The summed E-state index contributed by atoms with van der Waals surface area (Å²) >= 11 is 0. The molecule has 4 nitrogen and oxygen atoms in total. The van der Waals surface area contributed by atoms with E-state index >= 15 is 0 Å². The zero-order chi connectivity index (χ0) is 15.7. The molecule has 1 aromatic heterocycles. The van der Waals surface area contributed by atoms with Crippen molar-refractivity contribution < 1.29 is 0 Å². The smallest absolute Gasteiger partial charge is 0.105 e. The van der Waals surface area contributed by atoms with Crippen molar-refractivity contribution in [3.63, 3.8) is 0 Å². The van der Waals surface area contributed by atoms with Crippen molar-refractivity contribution in [2.75, 3.05) is 0 Å². The summed E-state index contributed by atoms with van der Waals surface area (Å²) in [6.07, 6.45) is 0. The summed E-state index contributed by atoms with van der Waals surface area (Å²) in [6, 6.07) is 14.6. The molecule has 0 aliphatic heterocycles. The van der Waals surface area contributed by atoms with E-state index in [1.165, 1.54) is 11.1 Å². The summed E-state index contributed by atoms with van der Waals surface area (Å²) in [5.41, 5.74) is 13.5. The van der Waals surface area contributed by atoms with Gasteiger partial charge in [0.15, 0.2) is 0 Å². The molecule has 112 valence electrons. The Morgan fingerprint density at radius 3 is 2.41 bits per heavy atom. The molecular weight excluding hydrogens is 272 g/mol. The van der Waals surface area contributed by atoms with Gasteiger partial charge in [0.05, 0.1) is 11.4 Å². The molecule has 0 aliphatic rings. The van der Waals surface area contributed by atoms with Crippen molar-refractivity contribution in [2.24, 2.45) is 5.73 Å². The average Bonchev–Trinajstić information content (AvgIpc) is 2.94. The van der Waals surface area contributed by atoms with Gasteiger partial charge in [-0.05, 0) is 49.6 Å². The van der Waals surface area contributed by atoms with Gasteiger partial charge in [0.1, 0.15) is 5.69 Å². The molecule has 0 unspecified atom stereocenters. The van der Waals surface area contributed by atoms with Gasteiger partial charge >= 0.3 is 0 Å². The molecular formula is C18H20N4. The van der Waals surface area contributed by atoms with E-state index in [-0.39, 0.29) is 0 Å². The van der Waals surface area contributed by atoms with Gasteiger partial charge in [-0.2, -0.15) is 0 Å². The van der Waals surface area contributed by atoms with Gasteiger partial charge in [-0.3, -0.25) is 0 Å². The van der Waals surface area contributed by atoms with Gasteiger partial charge < -0.3 is 5.73 Å². The van der Waals surface area contributed by atoms with Crippen LogP contribution in [0.2, 0.25) is 0 Å². The topological polar surface area (TPSA) is 56.7 Å². The lowest BCUT2D eigenvalue weighted by Crippen LogP contribution is -2.04. The van der Waals surface area contributed by atoms with Gasteiger partial charge in [-0.25, -0.2) is 4.68 Å². The molecule has 0 bridgehead atoms. The predicted molar refractivity (Wildman–Crippen MR) is 88.9 cm³/mol. The van der Waals surface area contributed by atoms with Gasteiger partial charge in [0, 0.05) is 12.1 Å². The van der Waals surface area contributed by atoms with Crippen molar-refractivity contribution in [1.82, 2.24) is 15.0 Å². The molecule has 2 aromatic carbocycles. The monoisotopic (exact) mass is 292 g/mol. The second-order valence-corrected chi connectivity index (χ2v) is 5.59. The van der Waals surface area contributed by atoms with Crippen LogP contribution in [0.1, 0.15) is 22.4 Å². The van der Waals surface area contributed by atoms with Gasteiger partial charge in [0.25, 0.3) is 0 Å². The second-order valence-electron chi connectivity index (χ2n) is 5.59. The molecule has 22 heavy (non-hydrogen) atoms. The molecule has 0 radical (unpaired) electrons. The third kappa shape index (κ3) is 2.42. The number of hydrogen-bond acceptors (Lipinski definition) is 3. The Bertz CT molecular complexity index is 818. The molecule has 0 fully saturated rings. The van der Waals surface area contributed by atoms with Crippen LogP contribution in [0.15, 0.2) is 42.5 Å². The Kier molecular flexibility index (Phi) is 3.77. The first-order valence-electron chi connectivity index (χ1n) is 7.40. The number of aryl methyl sites for hydroxylation is 3. The van der Waals surface area contributed by atoms with E-state index in [4.69, 9.17) is 5.73 Å².